The normalized spacial score (nSPS) is 10.5. The molecule has 0 saturated heterocycles. The number of halogens is 2. The van der Waals surface area contributed by atoms with Crippen LogP contribution in [0.1, 0.15) is 0 Å². The van der Waals surface area contributed by atoms with Crippen molar-refractivity contribution in [3.8, 4) is 0 Å². The molecule has 0 N–H and O–H groups in total. The first-order valence-electron chi connectivity index (χ1n) is 3.44. The summed E-state index contributed by atoms with van der Waals surface area (Å²) in [6.07, 6.45) is 0. The van der Waals surface area contributed by atoms with Crippen LogP contribution in [-0.4, -0.2) is 0 Å². The zero-order chi connectivity index (χ0) is 8.55. The summed E-state index contributed by atoms with van der Waals surface area (Å²) in [4.78, 5) is 0. The van der Waals surface area contributed by atoms with E-state index in [1.807, 2.05) is 0 Å². The molecule has 12 heavy (non-hydrogen) atoms. The summed E-state index contributed by atoms with van der Waals surface area (Å²) >= 11 is 0. The maximum atomic E-state index is 12.6. The van der Waals surface area contributed by atoms with Gasteiger partial charge >= 0.3 is 0 Å². The quantitative estimate of drug-likeness (QED) is 0.558. The minimum absolute atomic E-state index is 0.442. The highest BCUT2D eigenvalue weighted by Gasteiger charge is 1.97. The predicted molar refractivity (Wildman–Crippen MR) is 41.5 cm³/mol. The van der Waals surface area contributed by atoms with Gasteiger partial charge < -0.3 is 0 Å². The average Bonchev–Trinajstić information content (AvgIpc) is 2.05. The van der Waals surface area contributed by atoms with Gasteiger partial charge in [0.15, 0.2) is 0 Å². The first kappa shape index (κ1) is 7.22. The highest BCUT2D eigenvalue weighted by atomic mass is 19.1. The molecule has 0 nitrogen and oxygen atoms in total. The summed E-state index contributed by atoms with van der Waals surface area (Å²) in [5.41, 5.74) is 0. The SMILES string of the molecule is Fc1[c]cc2cc(F)[c]cc2c1. The van der Waals surface area contributed by atoms with Gasteiger partial charge in [-0.1, -0.05) is 0 Å². The largest absolute Gasteiger partial charge is 0.206 e. The van der Waals surface area contributed by atoms with E-state index in [1.54, 1.807) is 0 Å². The minimum atomic E-state index is -0.442. The summed E-state index contributed by atoms with van der Waals surface area (Å²) < 4.78 is 25.1. The van der Waals surface area contributed by atoms with Gasteiger partial charge in [-0.05, 0) is 35.0 Å². The minimum Gasteiger partial charge on any atom is -0.206 e. The summed E-state index contributed by atoms with van der Waals surface area (Å²) in [5, 5.41) is 1.26. The first-order chi connectivity index (χ1) is 5.75. The lowest BCUT2D eigenvalue weighted by atomic mass is 10.1. The monoisotopic (exact) mass is 162 g/mol. The van der Waals surface area contributed by atoms with E-state index in [4.69, 9.17) is 0 Å². The molecule has 2 rings (SSSR count). The predicted octanol–water partition coefficient (Wildman–Crippen LogP) is 2.72. The number of hydrogen-bond donors (Lipinski definition) is 0. The smallest absolute Gasteiger partial charge is 0.131 e. The number of fused-ring (bicyclic) bond motifs is 1. The van der Waals surface area contributed by atoms with E-state index in [0.717, 1.165) is 0 Å². The lowest BCUT2D eigenvalue weighted by Gasteiger charge is -1.95. The Labute approximate surface area is 68.4 Å². The Morgan fingerprint density at radius 2 is 1.25 bits per heavy atom. The van der Waals surface area contributed by atoms with Gasteiger partial charge in [0.1, 0.15) is 11.6 Å². The average molecular weight is 162 g/mol. The van der Waals surface area contributed by atoms with E-state index in [0.29, 0.717) is 10.8 Å². The molecular weight excluding hydrogens is 158 g/mol. The molecule has 0 aliphatic heterocycles. The van der Waals surface area contributed by atoms with Crippen LogP contribution in [0.3, 0.4) is 0 Å². The second-order valence-corrected chi connectivity index (χ2v) is 2.47. The van der Waals surface area contributed by atoms with Gasteiger partial charge in [-0.15, -0.1) is 0 Å². The Morgan fingerprint density at radius 3 is 1.67 bits per heavy atom. The highest BCUT2D eigenvalue weighted by Crippen LogP contribution is 2.15. The van der Waals surface area contributed by atoms with Crippen LogP contribution in [-0.2, 0) is 0 Å². The van der Waals surface area contributed by atoms with Crippen LogP contribution in [0, 0.1) is 23.8 Å². The molecule has 2 aromatic carbocycles. The summed E-state index contributed by atoms with van der Waals surface area (Å²) in [7, 11) is 0. The van der Waals surface area contributed by atoms with Gasteiger partial charge in [-0.2, -0.15) is 0 Å². The van der Waals surface area contributed by atoms with Crippen molar-refractivity contribution >= 4 is 10.8 Å². The van der Waals surface area contributed by atoms with Crippen LogP contribution >= 0.6 is 0 Å². The lowest BCUT2D eigenvalue weighted by molar-refractivity contribution is 0.623. The third-order valence-electron chi connectivity index (χ3n) is 1.63. The summed E-state index contributed by atoms with van der Waals surface area (Å²) in [5.74, 6) is -0.884. The van der Waals surface area contributed by atoms with Crippen molar-refractivity contribution in [2.45, 2.75) is 0 Å². The molecule has 0 fully saturated rings. The van der Waals surface area contributed by atoms with Crippen molar-refractivity contribution in [3.05, 3.63) is 48.0 Å². The first-order valence-corrected chi connectivity index (χ1v) is 3.44. The van der Waals surface area contributed by atoms with Gasteiger partial charge in [0.05, 0.1) is 0 Å². The Morgan fingerprint density at radius 1 is 0.833 bits per heavy atom. The fourth-order valence-electron chi connectivity index (χ4n) is 1.07. The number of hydrogen-bond acceptors (Lipinski definition) is 0. The van der Waals surface area contributed by atoms with Gasteiger partial charge in [-0.3, -0.25) is 0 Å². The Bertz CT molecular complexity index is 380. The van der Waals surface area contributed by atoms with Gasteiger partial charge in [0.25, 0.3) is 0 Å². The van der Waals surface area contributed by atoms with Gasteiger partial charge in [0.2, 0.25) is 0 Å². The van der Waals surface area contributed by atoms with Gasteiger partial charge in [0, 0.05) is 12.1 Å². The van der Waals surface area contributed by atoms with Crippen LogP contribution in [0.2, 0.25) is 0 Å². The molecule has 0 amide bonds. The molecule has 0 spiro atoms. The fraction of sp³-hybridized carbons (Fsp3) is 0. The van der Waals surface area contributed by atoms with E-state index in [-0.39, 0.29) is 0 Å². The molecule has 0 aromatic heterocycles. The number of rotatable bonds is 0. The zero-order valence-electron chi connectivity index (χ0n) is 6.07. The van der Waals surface area contributed by atoms with E-state index < -0.39 is 11.6 Å². The van der Waals surface area contributed by atoms with Crippen LogP contribution in [0.15, 0.2) is 24.3 Å². The molecule has 2 aromatic rings. The third kappa shape index (κ3) is 1.16. The second kappa shape index (κ2) is 2.55. The van der Waals surface area contributed by atoms with E-state index in [1.165, 1.54) is 24.3 Å². The standard InChI is InChI=1S/C10H4F2/c11-9-3-1-7-5-10(12)4-2-8(7)6-9/h1-2,5-6H. The topological polar surface area (TPSA) is 0 Å². The van der Waals surface area contributed by atoms with Crippen LogP contribution in [0.25, 0.3) is 10.8 Å². The van der Waals surface area contributed by atoms with Crippen molar-refractivity contribution in [2.24, 2.45) is 0 Å². The second-order valence-electron chi connectivity index (χ2n) is 2.47. The van der Waals surface area contributed by atoms with E-state index in [2.05, 4.69) is 12.1 Å². The molecule has 0 aliphatic carbocycles. The van der Waals surface area contributed by atoms with Gasteiger partial charge in [-0.25, -0.2) is 8.78 Å². The molecule has 0 atom stereocenters. The maximum Gasteiger partial charge on any atom is 0.131 e. The van der Waals surface area contributed by atoms with E-state index >= 15 is 0 Å². The number of benzene rings is 2. The molecule has 58 valence electrons. The van der Waals surface area contributed by atoms with E-state index in [9.17, 15) is 8.78 Å². The highest BCUT2D eigenvalue weighted by molar-refractivity contribution is 5.82. The fourth-order valence-corrected chi connectivity index (χ4v) is 1.07. The van der Waals surface area contributed by atoms with Crippen LogP contribution in [0.4, 0.5) is 8.78 Å². The molecule has 0 unspecified atom stereocenters. The Balaban J connectivity index is 2.79. The third-order valence-corrected chi connectivity index (χ3v) is 1.63. The Kier molecular flexibility index (Phi) is 1.54. The molecule has 0 bridgehead atoms. The maximum absolute atomic E-state index is 12.6. The van der Waals surface area contributed by atoms with Crippen LogP contribution < -0.4 is 0 Å². The molecule has 0 saturated carbocycles. The summed E-state index contributed by atoms with van der Waals surface area (Å²) in [6, 6.07) is 10.1. The lowest BCUT2D eigenvalue weighted by Crippen LogP contribution is -1.78. The molecule has 2 heteroatoms. The summed E-state index contributed by atoms with van der Waals surface area (Å²) in [6.45, 7) is 0. The molecule has 0 heterocycles. The van der Waals surface area contributed by atoms with Crippen LogP contribution in [0.5, 0.6) is 0 Å². The Hall–Kier alpha value is -1.44. The zero-order valence-corrected chi connectivity index (χ0v) is 6.07. The molecule has 2 radical (unpaired) electrons. The van der Waals surface area contributed by atoms with Crippen molar-refractivity contribution in [3.63, 3.8) is 0 Å². The molecule has 0 aliphatic rings. The van der Waals surface area contributed by atoms with Crippen molar-refractivity contribution in [1.82, 2.24) is 0 Å². The van der Waals surface area contributed by atoms with Crippen molar-refractivity contribution in [2.75, 3.05) is 0 Å². The van der Waals surface area contributed by atoms with Crippen molar-refractivity contribution in [1.29, 1.82) is 0 Å². The molecular formula is C10H4F2. The van der Waals surface area contributed by atoms with Crippen molar-refractivity contribution < 1.29 is 8.78 Å².